The molecular weight excluding hydrogens is 256 g/mol. The smallest absolute Gasteiger partial charge is 0.223 e. The second-order valence-corrected chi connectivity index (χ2v) is 5.34. The summed E-state index contributed by atoms with van der Waals surface area (Å²) < 4.78 is 5.02. The fourth-order valence-corrected chi connectivity index (χ4v) is 2.61. The van der Waals surface area contributed by atoms with Crippen molar-refractivity contribution in [1.29, 1.82) is 0 Å². The minimum Gasteiger partial charge on any atom is -0.507 e. The Labute approximate surface area is 119 Å². The molecule has 110 valence electrons. The lowest BCUT2D eigenvalue weighted by Crippen LogP contribution is -2.37. The first-order valence-electron chi connectivity index (χ1n) is 6.99. The van der Waals surface area contributed by atoms with Gasteiger partial charge in [-0.2, -0.15) is 0 Å². The van der Waals surface area contributed by atoms with E-state index in [1.165, 1.54) is 6.07 Å². The highest BCUT2D eigenvalue weighted by Crippen LogP contribution is 2.25. The van der Waals surface area contributed by atoms with Gasteiger partial charge in [0, 0.05) is 30.1 Å². The predicted molar refractivity (Wildman–Crippen MR) is 76.4 cm³/mol. The number of amides is 1. The zero-order valence-corrected chi connectivity index (χ0v) is 11.8. The number of phenolic OH excluding ortho intramolecular Hbond substituents is 1. The number of rotatable bonds is 4. The number of phenols is 1. The normalized spacial score (nSPS) is 22.3. The molecule has 4 N–H and O–H groups in total. The van der Waals surface area contributed by atoms with Crippen molar-refractivity contribution in [3.63, 3.8) is 0 Å². The van der Waals surface area contributed by atoms with E-state index in [0.29, 0.717) is 17.9 Å². The molecule has 0 radical (unpaired) electrons. The molecule has 1 aromatic carbocycles. The van der Waals surface area contributed by atoms with Crippen LogP contribution in [0.5, 0.6) is 11.5 Å². The number of aromatic hydroxyl groups is 1. The summed E-state index contributed by atoms with van der Waals surface area (Å²) in [6, 6.07) is 5.19. The Morgan fingerprint density at radius 1 is 1.50 bits per heavy atom. The van der Waals surface area contributed by atoms with Crippen LogP contribution in [0.1, 0.15) is 31.2 Å². The maximum absolute atomic E-state index is 12.1. The number of hydrogen-bond donors (Lipinski definition) is 3. The van der Waals surface area contributed by atoms with E-state index in [0.717, 1.165) is 25.7 Å². The van der Waals surface area contributed by atoms with Crippen LogP contribution in [0.2, 0.25) is 0 Å². The van der Waals surface area contributed by atoms with Gasteiger partial charge >= 0.3 is 0 Å². The molecule has 2 rings (SSSR count). The van der Waals surface area contributed by atoms with Gasteiger partial charge in [-0.1, -0.05) is 6.42 Å². The van der Waals surface area contributed by atoms with Gasteiger partial charge in [0.2, 0.25) is 5.91 Å². The van der Waals surface area contributed by atoms with Gasteiger partial charge in [0.25, 0.3) is 0 Å². The lowest BCUT2D eigenvalue weighted by molar-refractivity contribution is -0.126. The average Bonchev–Trinajstić information content (AvgIpc) is 2.45. The van der Waals surface area contributed by atoms with Crippen molar-refractivity contribution in [3.05, 3.63) is 23.8 Å². The van der Waals surface area contributed by atoms with E-state index in [2.05, 4.69) is 5.32 Å². The second-order valence-electron chi connectivity index (χ2n) is 5.34. The topological polar surface area (TPSA) is 84.6 Å². The number of carbonyl (C=O) groups is 1. The quantitative estimate of drug-likeness (QED) is 0.780. The molecular formula is C15H22N2O3. The fraction of sp³-hybridized carbons (Fsp3) is 0.533. The summed E-state index contributed by atoms with van der Waals surface area (Å²) in [5.74, 6) is 0.746. The predicted octanol–water partition coefficient (Wildman–Crippen LogP) is 1.53. The Morgan fingerprint density at radius 2 is 2.30 bits per heavy atom. The van der Waals surface area contributed by atoms with E-state index in [1.54, 1.807) is 19.2 Å². The molecule has 0 aromatic heterocycles. The van der Waals surface area contributed by atoms with Gasteiger partial charge in [0.15, 0.2) is 0 Å². The summed E-state index contributed by atoms with van der Waals surface area (Å²) in [6.45, 7) is 0.320. The van der Waals surface area contributed by atoms with Crippen LogP contribution in [0.25, 0.3) is 0 Å². The van der Waals surface area contributed by atoms with Crippen LogP contribution in [0.15, 0.2) is 18.2 Å². The summed E-state index contributed by atoms with van der Waals surface area (Å²) in [5, 5.41) is 12.7. The number of benzene rings is 1. The van der Waals surface area contributed by atoms with Crippen LogP contribution in [-0.4, -0.2) is 24.2 Å². The Hall–Kier alpha value is -1.75. The number of carbonyl (C=O) groups excluding carboxylic acids is 1. The second kappa shape index (κ2) is 6.61. The largest absolute Gasteiger partial charge is 0.507 e. The zero-order valence-electron chi connectivity index (χ0n) is 11.8. The summed E-state index contributed by atoms with van der Waals surface area (Å²) in [4.78, 5) is 12.1. The van der Waals surface area contributed by atoms with Crippen LogP contribution in [0.4, 0.5) is 0 Å². The Morgan fingerprint density at radius 3 is 2.95 bits per heavy atom. The minimum absolute atomic E-state index is 0.000795. The van der Waals surface area contributed by atoms with E-state index in [9.17, 15) is 9.90 Å². The first kappa shape index (κ1) is 14.7. The molecule has 5 heteroatoms. The zero-order chi connectivity index (χ0) is 14.5. The highest BCUT2D eigenvalue weighted by atomic mass is 16.5. The van der Waals surface area contributed by atoms with E-state index in [-0.39, 0.29) is 23.6 Å². The number of ether oxygens (including phenoxy) is 1. The van der Waals surface area contributed by atoms with Crippen molar-refractivity contribution in [3.8, 4) is 11.5 Å². The minimum atomic E-state index is -0.000795. The molecule has 0 aliphatic heterocycles. The van der Waals surface area contributed by atoms with Gasteiger partial charge in [-0.25, -0.2) is 0 Å². The van der Waals surface area contributed by atoms with E-state index < -0.39 is 0 Å². The number of hydrogen-bond acceptors (Lipinski definition) is 4. The molecule has 1 aliphatic carbocycles. The standard InChI is InChI=1S/C15H22N2O3/c1-20-13-6-5-11(14(18)8-13)9-17-15(19)10-3-2-4-12(16)7-10/h5-6,8,10,12,18H,2-4,7,9,16H2,1H3,(H,17,19)/t10-,12+/m1/s1. The SMILES string of the molecule is COc1ccc(CNC(=O)[C@@H]2CCC[C@H](N)C2)c(O)c1. The number of nitrogens with one attached hydrogen (secondary N) is 1. The lowest BCUT2D eigenvalue weighted by atomic mass is 9.85. The molecule has 0 spiro atoms. The van der Waals surface area contributed by atoms with Crippen LogP contribution in [0, 0.1) is 5.92 Å². The number of nitrogens with two attached hydrogens (primary N) is 1. The monoisotopic (exact) mass is 278 g/mol. The summed E-state index contributed by atoms with van der Waals surface area (Å²) >= 11 is 0. The highest BCUT2D eigenvalue weighted by Gasteiger charge is 2.25. The Balaban J connectivity index is 1.89. The van der Waals surface area contributed by atoms with Crippen molar-refractivity contribution < 1.29 is 14.6 Å². The van der Waals surface area contributed by atoms with Gasteiger partial charge < -0.3 is 20.9 Å². The Kier molecular flexibility index (Phi) is 4.84. The molecule has 0 heterocycles. The van der Waals surface area contributed by atoms with Crippen molar-refractivity contribution in [1.82, 2.24) is 5.32 Å². The maximum Gasteiger partial charge on any atom is 0.223 e. The van der Waals surface area contributed by atoms with Crippen LogP contribution in [0.3, 0.4) is 0 Å². The van der Waals surface area contributed by atoms with E-state index in [1.807, 2.05) is 0 Å². The van der Waals surface area contributed by atoms with Gasteiger partial charge in [0.05, 0.1) is 7.11 Å². The third-order valence-corrected chi connectivity index (χ3v) is 3.83. The molecule has 1 aromatic rings. The van der Waals surface area contributed by atoms with Gasteiger partial charge in [-0.15, -0.1) is 0 Å². The third kappa shape index (κ3) is 3.63. The van der Waals surface area contributed by atoms with Gasteiger partial charge in [-0.3, -0.25) is 4.79 Å². The third-order valence-electron chi connectivity index (χ3n) is 3.83. The van der Waals surface area contributed by atoms with Gasteiger partial charge in [-0.05, 0) is 31.4 Å². The van der Waals surface area contributed by atoms with Gasteiger partial charge in [0.1, 0.15) is 11.5 Å². The first-order chi connectivity index (χ1) is 9.60. The molecule has 1 aliphatic rings. The first-order valence-corrected chi connectivity index (χ1v) is 6.99. The fourth-order valence-electron chi connectivity index (χ4n) is 2.61. The van der Waals surface area contributed by atoms with Crippen molar-refractivity contribution in [2.24, 2.45) is 11.7 Å². The molecule has 1 fully saturated rings. The maximum atomic E-state index is 12.1. The van der Waals surface area contributed by atoms with E-state index in [4.69, 9.17) is 10.5 Å². The van der Waals surface area contributed by atoms with Crippen LogP contribution in [-0.2, 0) is 11.3 Å². The van der Waals surface area contributed by atoms with Crippen LogP contribution < -0.4 is 15.8 Å². The Bertz CT molecular complexity index is 476. The van der Waals surface area contributed by atoms with Crippen LogP contribution >= 0.6 is 0 Å². The van der Waals surface area contributed by atoms with Crippen molar-refractivity contribution >= 4 is 5.91 Å². The molecule has 0 unspecified atom stereocenters. The number of methoxy groups -OCH3 is 1. The molecule has 0 saturated heterocycles. The van der Waals surface area contributed by atoms with E-state index >= 15 is 0 Å². The summed E-state index contributed by atoms with van der Waals surface area (Å²) in [5.41, 5.74) is 6.57. The summed E-state index contributed by atoms with van der Waals surface area (Å²) in [6.07, 6.45) is 3.66. The molecule has 2 atom stereocenters. The summed E-state index contributed by atoms with van der Waals surface area (Å²) in [7, 11) is 1.54. The van der Waals surface area contributed by atoms with Crippen molar-refractivity contribution in [2.45, 2.75) is 38.3 Å². The molecule has 1 amide bonds. The molecule has 1 saturated carbocycles. The van der Waals surface area contributed by atoms with Crippen molar-refractivity contribution in [2.75, 3.05) is 7.11 Å². The molecule has 5 nitrogen and oxygen atoms in total. The highest BCUT2D eigenvalue weighted by molar-refractivity contribution is 5.78. The molecule has 0 bridgehead atoms. The average molecular weight is 278 g/mol. The molecule has 20 heavy (non-hydrogen) atoms. The lowest BCUT2D eigenvalue weighted by Gasteiger charge is -2.25.